The number of carbonyl (C=O) groups excluding carboxylic acids is 1. The van der Waals surface area contributed by atoms with Crippen molar-refractivity contribution in [3.63, 3.8) is 0 Å². The van der Waals surface area contributed by atoms with Crippen LogP contribution in [0.2, 0.25) is 5.02 Å². The molecule has 0 bridgehead atoms. The van der Waals surface area contributed by atoms with E-state index in [1.807, 2.05) is 6.92 Å². The van der Waals surface area contributed by atoms with Gasteiger partial charge in [0, 0.05) is 12.1 Å². The molecule has 0 aliphatic rings. The van der Waals surface area contributed by atoms with Crippen molar-refractivity contribution in [3.8, 4) is 5.75 Å². The predicted molar refractivity (Wildman–Crippen MR) is 68.1 cm³/mol. The van der Waals surface area contributed by atoms with E-state index in [0.717, 1.165) is 0 Å². The molecule has 0 aromatic heterocycles. The molecule has 1 aromatic rings. The molecule has 0 radical (unpaired) electrons. The van der Waals surface area contributed by atoms with Gasteiger partial charge in [-0.05, 0) is 25.1 Å². The summed E-state index contributed by atoms with van der Waals surface area (Å²) in [7, 11) is 0. The van der Waals surface area contributed by atoms with Gasteiger partial charge in [0.05, 0.1) is 18.1 Å². The van der Waals surface area contributed by atoms with E-state index >= 15 is 0 Å². The van der Waals surface area contributed by atoms with Crippen LogP contribution in [0.1, 0.15) is 19.8 Å². The maximum atomic E-state index is 11.4. The third-order valence-corrected chi connectivity index (χ3v) is 2.38. The van der Waals surface area contributed by atoms with Crippen LogP contribution >= 0.6 is 11.6 Å². The van der Waals surface area contributed by atoms with Gasteiger partial charge in [-0.3, -0.25) is 9.59 Å². The summed E-state index contributed by atoms with van der Waals surface area (Å²) in [6, 6.07) is 4.86. The van der Waals surface area contributed by atoms with Crippen molar-refractivity contribution < 1.29 is 19.4 Å². The Labute approximate surface area is 110 Å². The Morgan fingerprint density at radius 1 is 1.39 bits per heavy atom. The maximum Gasteiger partial charge on any atom is 0.303 e. The van der Waals surface area contributed by atoms with E-state index in [1.54, 1.807) is 18.2 Å². The van der Waals surface area contributed by atoms with E-state index < -0.39 is 5.97 Å². The number of carboxylic acids is 1. The van der Waals surface area contributed by atoms with Crippen LogP contribution < -0.4 is 10.1 Å². The summed E-state index contributed by atoms with van der Waals surface area (Å²) in [5.41, 5.74) is 0.513. The third-order valence-electron chi connectivity index (χ3n) is 2.08. The Morgan fingerprint density at radius 2 is 2.11 bits per heavy atom. The molecular formula is C12H14ClNO4. The van der Waals surface area contributed by atoms with Crippen molar-refractivity contribution in [2.24, 2.45) is 0 Å². The Hall–Kier alpha value is -1.75. The Balaban J connectivity index is 2.60. The van der Waals surface area contributed by atoms with Crippen LogP contribution in [-0.2, 0) is 9.59 Å². The maximum absolute atomic E-state index is 11.4. The number of carboxylic acid groups (broad SMARTS) is 1. The number of hydrogen-bond acceptors (Lipinski definition) is 3. The van der Waals surface area contributed by atoms with Crippen LogP contribution in [0.5, 0.6) is 5.75 Å². The topological polar surface area (TPSA) is 75.6 Å². The standard InChI is InChI=1S/C12H14ClNO4/c1-2-18-10-4-3-8(7-9(10)13)14-11(15)5-6-12(16)17/h3-4,7H,2,5-6H2,1H3,(H,14,15)(H,16,17). The molecule has 18 heavy (non-hydrogen) atoms. The number of anilines is 1. The van der Waals surface area contributed by atoms with E-state index in [0.29, 0.717) is 23.1 Å². The summed E-state index contributed by atoms with van der Waals surface area (Å²) >= 11 is 5.95. The summed E-state index contributed by atoms with van der Waals surface area (Å²) in [4.78, 5) is 21.7. The molecule has 0 fully saturated rings. The highest BCUT2D eigenvalue weighted by atomic mass is 35.5. The van der Waals surface area contributed by atoms with Crippen LogP contribution in [0.4, 0.5) is 5.69 Å². The van der Waals surface area contributed by atoms with E-state index in [1.165, 1.54) is 0 Å². The molecule has 0 saturated heterocycles. The molecule has 1 aromatic carbocycles. The average Bonchev–Trinajstić information content (AvgIpc) is 2.30. The molecule has 98 valence electrons. The van der Waals surface area contributed by atoms with E-state index in [9.17, 15) is 9.59 Å². The van der Waals surface area contributed by atoms with Crippen molar-refractivity contribution in [3.05, 3.63) is 23.2 Å². The summed E-state index contributed by atoms with van der Waals surface area (Å²) in [5.74, 6) is -0.824. The first kappa shape index (κ1) is 14.3. The predicted octanol–water partition coefficient (Wildman–Crippen LogP) is 2.54. The van der Waals surface area contributed by atoms with Gasteiger partial charge in [-0.2, -0.15) is 0 Å². The highest BCUT2D eigenvalue weighted by molar-refractivity contribution is 6.32. The zero-order valence-corrected chi connectivity index (χ0v) is 10.7. The normalized spacial score (nSPS) is 9.89. The first-order valence-corrected chi connectivity index (χ1v) is 5.84. The van der Waals surface area contributed by atoms with Crippen molar-refractivity contribution in [1.29, 1.82) is 0 Å². The second-order valence-electron chi connectivity index (χ2n) is 3.52. The summed E-state index contributed by atoms with van der Waals surface area (Å²) in [5, 5.41) is 11.4. The lowest BCUT2D eigenvalue weighted by Gasteiger charge is -2.08. The molecule has 6 heteroatoms. The van der Waals surface area contributed by atoms with E-state index in [4.69, 9.17) is 21.4 Å². The highest BCUT2D eigenvalue weighted by Gasteiger charge is 2.07. The molecule has 0 aliphatic carbocycles. The van der Waals surface area contributed by atoms with Gasteiger partial charge in [0.25, 0.3) is 0 Å². The lowest BCUT2D eigenvalue weighted by Crippen LogP contribution is -2.13. The quantitative estimate of drug-likeness (QED) is 0.834. The largest absolute Gasteiger partial charge is 0.492 e. The fourth-order valence-electron chi connectivity index (χ4n) is 1.30. The molecular weight excluding hydrogens is 258 g/mol. The Kier molecular flexibility index (Phi) is 5.45. The monoisotopic (exact) mass is 271 g/mol. The van der Waals surface area contributed by atoms with Crippen LogP contribution in [-0.4, -0.2) is 23.6 Å². The third kappa shape index (κ3) is 4.63. The smallest absolute Gasteiger partial charge is 0.303 e. The molecule has 1 rings (SSSR count). The van der Waals surface area contributed by atoms with Gasteiger partial charge in [-0.1, -0.05) is 11.6 Å². The second kappa shape index (κ2) is 6.86. The van der Waals surface area contributed by atoms with Gasteiger partial charge in [0.1, 0.15) is 5.75 Å². The molecule has 0 aliphatic heterocycles. The van der Waals surface area contributed by atoms with Crippen LogP contribution in [0, 0.1) is 0 Å². The fourth-order valence-corrected chi connectivity index (χ4v) is 1.53. The first-order valence-electron chi connectivity index (χ1n) is 5.47. The van der Waals surface area contributed by atoms with Gasteiger partial charge < -0.3 is 15.2 Å². The minimum absolute atomic E-state index is 0.0693. The summed E-state index contributed by atoms with van der Waals surface area (Å²) < 4.78 is 5.25. The molecule has 0 spiro atoms. The van der Waals surface area contributed by atoms with E-state index in [2.05, 4.69) is 5.32 Å². The average molecular weight is 272 g/mol. The van der Waals surface area contributed by atoms with E-state index in [-0.39, 0.29) is 18.7 Å². The highest BCUT2D eigenvalue weighted by Crippen LogP contribution is 2.27. The number of hydrogen-bond donors (Lipinski definition) is 2. The zero-order chi connectivity index (χ0) is 13.5. The molecule has 2 N–H and O–H groups in total. The number of aliphatic carboxylic acids is 1. The van der Waals surface area contributed by atoms with Gasteiger partial charge in [-0.15, -0.1) is 0 Å². The Bertz CT molecular complexity index is 448. The van der Waals surface area contributed by atoms with Crippen LogP contribution in [0.25, 0.3) is 0 Å². The van der Waals surface area contributed by atoms with Crippen molar-refractivity contribution >= 4 is 29.2 Å². The van der Waals surface area contributed by atoms with Crippen LogP contribution in [0.15, 0.2) is 18.2 Å². The number of carbonyl (C=O) groups is 2. The summed E-state index contributed by atoms with van der Waals surface area (Å²) in [6.45, 7) is 2.35. The minimum Gasteiger partial charge on any atom is -0.492 e. The lowest BCUT2D eigenvalue weighted by atomic mass is 10.2. The molecule has 1 amide bonds. The van der Waals surface area contributed by atoms with Gasteiger partial charge >= 0.3 is 5.97 Å². The lowest BCUT2D eigenvalue weighted by molar-refractivity contribution is -0.138. The Morgan fingerprint density at radius 3 is 2.67 bits per heavy atom. The van der Waals surface area contributed by atoms with Crippen molar-refractivity contribution in [2.45, 2.75) is 19.8 Å². The van der Waals surface area contributed by atoms with Crippen molar-refractivity contribution in [2.75, 3.05) is 11.9 Å². The zero-order valence-electron chi connectivity index (χ0n) is 9.90. The number of halogens is 1. The number of amides is 1. The van der Waals surface area contributed by atoms with Crippen molar-refractivity contribution in [1.82, 2.24) is 0 Å². The minimum atomic E-state index is -1.00. The molecule has 0 heterocycles. The SMILES string of the molecule is CCOc1ccc(NC(=O)CCC(=O)O)cc1Cl. The van der Waals surface area contributed by atoms with Crippen LogP contribution in [0.3, 0.4) is 0 Å². The number of nitrogens with one attached hydrogen (secondary N) is 1. The number of ether oxygens (including phenoxy) is 1. The molecule has 0 unspecified atom stereocenters. The van der Waals surface area contributed by atoms with Gasteiger partial charge in [-0.25, -0.2) is 0 Å². The summed E-state index contributed by atoms with van der Waals surface area (Å²) in [6.07, 6.45) is -0.267. The molecule has 0 atom stereocenters. The van der Waals surface area contributed by atoms with Gasteiger partial charge in [0.15, 0.2) is 0 Å². The number of rotatable bonds is 6. The first-order chi connectivity index (χ1) is 8.52. The second-order valence-corrected chi connectivity index (χ2v) is 3.93. The number of benzene rings is 1. The molecule has 5 nitrogen and oxygen atoms in total. The fraction of sp³-hybridized carbons (Fsp3) is 0.333. The van der Waals surface area contributed by atoms with Gasteiger partial charge in [0.2, 0.25) is 5.91 Å². The molecule has 0 saturated carbocycles.